The number of halogens is 1. The minimum atomic E-state index is -0.232. The van der Waals surface area contributed by atoms with Crippen LogP contribution in [0.4, 0.5) is 0 Å². The number of nitrogens with two attached hydrogens (primary N) is 2. The second-order valence-electron chi connectivity index (χ2n) is 5.86. The molecule has 1 saturated carbocycles. The summed E-state index contributed by atoms with van der Waals surface area (Å²) in [6, 6.07) is 7.93. The van der Waals surface area contributed by atoms with Crippen molar-refractivity contribution in [3.63, 3.8) is 0 Å². The van der Waals surface area contributed by atoms with E-state index in [4.69, 9.17) is 23.1 Å². The standard InChI is InChI=1S/C15H21ClN2/c1-15(2,18)9-13(14(17)11-3-4-11)10-5-7-12(16)8-6-10/h5-8,13H,3-4,9,17-18H2,1-2H3. The van der Waals surface area contributed by atoms with Gasteiger partial charge >= 0.3 is 0 Å². The first kappa shape index (κ1) is 13.4. The lowest BCUT2D eigenvalue weighted by atomic mass is 9.84. The Kier molecular flexibility index (Phi) is 3.69. The molecule has 0 aromatic heterocycles. The third-order valence-electron chi connectivity index (χ3n) is 3.29. The molecule has 0 saturated heterocycles. The first-order valence-electron chi connectivity index (χ1n) is 6.38. The maximum Gasteiger partial charge on any atom is 0.0406 e. The largest absolute Gasteiger partial charge is 0.402 e. The van der Waals surface area contributed by atoms with E-state index >= 15 is 0 Å². The highest BCUT2D eigenvalue weighted by Gasteiger charge is 2.27. The summed E-state index contributed by atoms with van der Waals surface area (Å²) in [5, 5.41) is 0.752. The second kappa shape index (κ2) is 4.94. The van der Waals surface area contributed by atoms with Crippen LogP contribution in [-0.4, -0.2) is 5.54 Å². The molecule has 3 heteroatoms. The lowest BCUT2D eigenvalue weighted by Gasteiger charge is -2.27. The predicted molar refractivity (Wildman–Crippen MR) is 77.5 cm³/mol. The average molecular weight is 265 g/mol. The third-order valence-corrected chi connectivity index (χ3v) is 3.54. The summed E-state index contributed by atoms with van der Waals surface area (Å²) < 4.78 is 0. The van der Waals surface area contributed by atoms with E-state index in [1.165, 1.54) is 11.1 Å². The molecule has 2 nitrogen and oxygen atoms in total. The molecule has 0 bridgehead atoms. The molecule has 0 aliphatic heterocycles. The average Bonchev–Trinajstić information content (AvgIpc) is 3.09. The van der Waals surface area contributed by atoms with Crippen molar-refractivity contribution >= 4 is 11.6 Å². The zero-order chi connectivity index (χ0) is 13.3. The van der Waals surface area contributed by atoms with Gasteiger partial charge in [-0.15, -0.1) is 0 Å². The minimum Gasteiger partial charge on any atom is -0.402 e. The number of hydrogen-bond acceptors (Lipinski definition) is 2. The van der Waals surface area contributed by atoms with Crippen molar-refractivity contribution in [3.8, 4) is 0 Å². The summed E-state index contributed by atoms with van der Waals surface area (Å²) in [7, 11) is 0. The molecule has 1 aromatic rings. The Balaban J connectivity index is 2.30. The van der Waals surface area contributed by atoms with Crippen molar-refractivity contribution in [3.05, 3.63) is 46.1 Å². The molecule has 1 fully saturated rings. The van der Waals surface area contributed by atoms with E-state index in [9.17, 15) is 0 Å². The molecule has 1 aliphatic rings. The maximum absolute atomic E-state index is 6.29. The van der Waals surface area contributed by atoms with Gasteiger partial charge in [0.25, 0.3) is 0 Å². The van der Waals surface area contributed by atoms with E-state index in [-0.39, 0.29) is 11.5 Å². The Morgan fingerprint density at radius 2 is 1.83 bits per heavy atom. The monoisotopic (exact) mass is 264 g/mol. The van der Waals surface area contributed by atoms with E-state index in [0.29, 0.717) is 0 Å². The Morgan fingerprint density at radius 3 is 2.28 bits per heavy atom. The highest BCUT2D eigenvalue weighted by molar-refractivity contribution is 6.30. The molecule has 0 amide bonds. The van der Waals surface area contributed by atoms with Gasteiger partial charge in [0.1, 0.15) is 0 Å². The van der Waals surface area contributed by atoms with Gasteiger partial charge in [-0.1, -0.05) is 29.3 Å². The van der Waals surface area contributed by atoms with Crippen LogP contribution in [0.2, 0.25) is 5.02 Å². The van der Waals surface area contributed by atoms with Crippen molar-refractivity contribution in [2.45, 2.75) is 44.6 Å². The van der Waals surface area contributed by atoms with Gasteiger partial charge in [0.2, 0.25) is 0 Å². The first-order chi connectivity index (χ1) is 8.37. The number of rotatable bonds is 4. The van der Waals surface area contributed by atoms with Crippen LogP contribution < -0.4 is 11.5 Å². The van der Waals surface area contributed by atoms with E-state index in [1.807, 2.05) is 26.0 Å². The number of benzene rings is 1. The van der Waals surface area contributed by atoms with E-state index in [1.54, 1.807) is 0 Å². The second-order valence-corrected chi connectivity index (χ2v) is 6.29. The molecule has 4 N–H and O–H groups in total. The van der Waals surface area contributed by atoms with E-state index < -0.39 is 0 Å². The fourth-order valence-corrected chi connectivity index (χ4v) is 2.35. The highest BCUT2D eigenvalue weighted by atomic mass is 35.5. The van der Waals surface area contributed by atoms with Crippen molar-refractivity contribution < 1.29 is 0 Å². The number of allylic oxidation sites excluding steroid dienone is 2. The molecule has 0 radical (unpaired) electrons. The van der Waals surface area contributed by atoms with Gasteiger partial charge in [-0.3, -0.25) is 0 Å². The summed E-state index contributed by atoms with van der Waals surface area (Å²) in [4.78, 5) is 0. The van der Waals surface area contributed by atoms with Gasteiger partial charge in [0.15, 0.2) is 0 Å². The Hall–Kier alpha value is -0.990. The molecule has 1 aromatic carbocycles. The fourth-order valence-electron chi connectivity index (χ4n) is 2.23. The van der Waals surface area contributed by atoms with Crippen LogP contribution in [0.1, 0.15) is 44.6 Å². The normalized spacial score (nSPS) is 16.6. The van der Waals surface area contributed by atoms with Crippen LogP contribution in [0, 0.1) is 0 Å². The molecule has 2 rings (SSSR count). The summed E-state index contributed by atoms with van der Waals surface area (Å²) in [6.45, 7) is 4.08. The van der Waals surface area contributed by atoms with Gasteiger partial charge in [-0.2, -0.15) is 0 Å². The van der Waals surface area contributed by atoms with Gasteiger partial charge in [-0.25, -0.2) is 0 Å². The van der Waals surface area contributed by atoms with Gasteiger partial charge in [-0.05, 0) is 50.8 Å². The van der Waals surface area contributed by atoms with Crippen molar-refractivity contribution in [1.29, 1.82) is 0 Å². The van der Waals surface area contributed by atoms with Crippen LogP contribution in [0.5, 0.6) is 0 Å². The van der Waals surface area contributed by atoms with Crippen molar-refractivity contribution in [2.75, 3.05) is 0 Å². The fraction of sp³-hybridized carbons (Fsp3) is 0.467. The van der Waals surface area contributed by atoms with Gasteiger partial charge in [0, 0.05) is 22.2 Å². The minimum absolute atomic E-state index is 0.208. The van der Waals surface area contributed by atoms with E-state index in [0.717, 1.165) is 30.0 Å². The highest BCUT2D eigenvalue weighted by Crippen LogP contribution is 2.39. The van der Waals surface area contributed by atoms with E-state index in [2.05, 4.69) is 12.1 Å². The molecule has 1 unspecified atom stereocenters. The molecular weight excluding hydrogens is 244 g/mol. The SMILES string of the molecule is CC(C)(N)CC(C(N)=C1CC1)c1ccc(Cl)cc1. The van der Waals surface area contributed by atoms with Crippen LogP contribution in [0.3, 0.4) is 0 Å². The summed E-state index contributed by atoms with van der Waals surface area (Å²) in [5.74, 6) is 0.208. The summed E-state index contributed by atoms with van der Waals surface area (Å²) >= 11 is 5.94. The maximum atomic E-state index is 6.29. The van der Waals surface area contributed by atoms with Crippen LogP contribution in [0.25, 0.3) is 0 Å². The zero-order valence-electron chi connectivity index (χ0n) is 11.0. The Labute approximate surface area is 114 Å². The predicted octanol–water partition coefficient (Wildman–Crippen LogP) is 3.56. The molecule has 0 spiro atoms. The van der Waals surface area contributed by atoms with Crippen LogP contribution >= 0.6 is 11.6 Å². The number of hydrogen-bond donors (Lipinski definition) is 2. The molecule has 1 aliphatic carbocycles. The first-order valence-corrected chi connectivity index (χ1v) is 6.76. The third kappa shape index (κ3) is 3.50. The topological polar surface area (TPSA) is 52.0 Å². The molecule has 18 heavy (non-hydrogen) atoms. The zero-order valence-corrected chi connectivity index (χ0v) is 11.8. The summed E-state index contributed by atoms with van der Waals surface area (Å²) in [5.41, 5.74) is 15.8. The summed E-state index contributed by atoms with van der Waals surface area (Å²) in [6.07, 6.45) is 3.13. The Bertz CT molecular complexity index is 448. The smallest absolute Gasteiger partial charge is 0.0406 e. The van der Waals surface area contributed by atoms with Crippen LogP contribution in [0.15, 0.2) is 35.5 Å². The van der Waals surface area contributed by atoms with Gasteiger partial charge in [0.05, 0.1) is 0 Å². The van der Waals surface area contributed by atoms with Crippen molar-refractivity contribution in [1.82, 2.24) is 0 Å². The Morgan fingerprint density at radius 1 is 1.28 bits per heavy atom. The quantitative estimate of drug-likeness (QED) is 0.874. The lowest BCUT2D eigenvalue weighted by molar-refractivity contribution is 0.444. The molecule has 1 atom stereocenters. The molecule has 0 heterocycles. The van der Waals surface area contributed by atoms with Crippen LogP contribution in [-0.2, 0) is 0 Å². The van der Waals surface area contributed by atoms with Crippen molar-refractivity contribution in [2.24, 2.45) is 11.5 Å². The van der Waals surface area contributed by atoms with Gasteiger partial charge < -0.3 is 11.5 Å². The lowest BCUT2D eigenvalue weighted by Crippen LogP contribution is -2.35. The molecule has 98 valence electrons. The molecular formula is C15H21ClN2.